The lowest BCUT2D eigenvalue weighted by Crippen LogP contribution is -2.47. The molecule has 2 aliphatic heterocycles. The number of fused-ring (bicyclic) bond motifs is 1. The Morgan fingerprint density at radius 1 is 1.20 bits per heavy atom. The van der Waals surface area contributed by atoms with Crippen LogP contribution in [0.5, 0.6) is 5.88 Å². The molecule has 5 rings (SSSR count). The fourth-order valence-electron chi connectivity index (χ4n) is 5.04. The van der Waals surface area contributed by atoms with Crippen LogP contribution in [0.2, 0.25) is 0 Å². The second kappa shape index (κ2) is 11.4. The maximum absolute atomic E-state index is 13.2. The number of anilines is 2. The smallest absolute Gasteiger partial charge is 0.410 e. The maximum Gasteiger partial charge on any atom is 0.410 e. The summed E-state index contributed by atoms with van der Waals surface area (Å²) < 4.78 is 14.2. The number of halogens is 1. The van der Waals surface area contributed by atoms with Crippen molar-refractivity contribution in [1.29, 1.82) is 0 Å². The molecule has 2 amide bonds. The van der Waals surface area contributed by atoms with Crippen LogP contribution >= 0.6 is 27.3 Å². The molecule has 216 valence electrons. The largest absolute Gasteiger partial charge is 0.473 e. The molecule has 2 saturated heterocycles. The molecule has 1 atom stereocenters. The summed E-state index contributed by atoms with van der Waals surface area (Å²) >= 11 is 4.87. The van der Waals surface area contributed by atoms with E-state index >= 15 is 0 Å². The predicted octanol–water partition coefficient (Wildman–Crippen LogP) is 4.02. The molecule has 14 heteroatoms. The zero-order valence-corrected chi connectivity index (χ0v) is 25.5. The number of nitrogens with two attached hydrogens (primary N) is 1. The summed E-state index contributed by atoms with van der Waals surface area (Å²) in [4.78, 5) is 39.0. The number of ether oxygens (including phenoxy) is 2. The van der Waals surface area contributed by atoms with Gasteiger partial charge in [-0.15, -0.1) is 11.3 Å². The van der Waals surface area contributed by atoms with Gasteiger partial charge in [-0.05, 0) is 62.5 Å². The fraction of sp³-hybridized carbons (Fsp3) is 0.577. The summed E-state index contributed by atoms with van der Waals surface area (Å²) in [6.45, 7) is 10.1. The number of hydrogen-bond acceptors (Lipinski definition) is 10. The van der Waals surface area contributed by atoms with Crippen LogP contribution < -0.4 is 20.7 Å². The molecule has 0 aromatic carbocycles. The van der Waals surface area contributed by atoms with Crippen molar-refractivity contribution in [2.75, 3.05) is 36.8 Å². The molecule has 12 nitrogen and oxygen atoms in total. The molecule has 3 aromatic heterocycles. The first-order chi connectivity index (χ1) is 19.0. The summed E-state index contributed by atoms with van der Waals surface area (Å²) in [5.74, 6) is 0.681. The number of thiazole rings is 1. The molecular formula is C26H35BrN8O4S. The van der Waals surface area contributed by atoms with E-state index in [0.29, 0.717) is 49.2 Å². The normalized spacial score (nSPS) is 18.7. The van der Waals surface area contributed by atoms with E-state index in [-0.39, 0.29) is 24.1 Å². The highest BCUT2D eigenvalue weighted by molar-refractivity contribution is 9.10. The first kappa shape index (κ1) is 28.4. The highest BCUT2D eigenvalue weighted by Gasteiger charge is 2.30. The number of nitrogens with one attached hydrogen (secondary N) is 1. The molecule has 2 fully saturated rings. The number of piperidine rings is 2. The summed E-state index contributed by atoms with van der Waals surface area (Å²) in [7, 11) is 0. The van der Waals surface area contributed by atoms with Crippen LogP contribution in [0.4, 0.5) is 16.3 Å². The highest BCUT2D eigenvalue weighted by atomic mass is 79.9. The molecule has 0 unspecified atom stereocenters. The number of rotatable bonds is 5. The average Bonchev–Trinajstić information content (AvgIpc) is 3.44. The molecule has 0 aliphatic carbocycles. The van der Waals surface area contributed by atoms with Crippen molar-refractivity contribution < 1.29 is 19.1 Å². The van der Waals surface area contributed by atoms with E-state index in [1.807, 2.05) is 33.8 Å². The van der Waals surface area contributed by atoms with Gasteiger partial charge in [-0.2, -0.15) is 10.1 Å². The fourth-order valence-corrected chi connectivity index (χ4v) is 6.28. The maximum atomic E-state index is 13.2. The van der Waals surface area contributed by atoms with Crippen LogP contribution in [0.1, 0.15) is 61.1 Å². The van der Waals surface area contributed by atoms with Gasteiger partial charge >= 0.3 is 6.09 Å². The SMILES string of the molecule is Cc1sc(C(=O)N[C@@H]2CCCN(c3cc(Br)n4ncnc(N)c34)C2)nc1OC1CCN(C(=O)OC(C)(C)C)CC1. The van der Waals surface area contributed by atoms with Gasteiger partial charge in [0.1, 0.15) is 28.2 Å². The number of carbonyl (C=O) groups is 2. The minimum Gasteiger partial charge on any atom is -0.473 e. The number of nitrogens with zero attached hydrogens (tertiary/aromatic N) is 6. The van der Waals surface area contributed by atoms with Crippen LogP contribution in [-0.2, 0) is 4.74 Å². The lowest BCUT2D eigenvalue weighted by molar-refractivity contribution is 0.0122. The van der Waals surface area contributed by atoms with Gasteiger partial charge in [-0.3, -0.25) is 4.79 Å². The molecule has 0 radical (unpaired) electrons. The van der Waals surface area contributed by atoms with Crippen LogP contribution in [0.15, 0.2) is 17.0 Å². The van der Waals surface area contributed by atoms with Gasteiger partial charge in [-0.1, -0.05) is 0 Å². The van der Waals surface area contributed by atoms with Gasteiger partial charge in [-0.25, -0.2) is 14.3 Å². The van der Waals surface area contributed by atoms with Crippen molar-refractivity contribution in [3.63, 3.8) is 0 Å². The van der Waals surface area contributed by atoms with Gasteiger partial charge in [0.2, 0.25) is 5.88 Å². The first-order valence-electron chi connectivity index (χ1n) is 13.4. The van der Waals surface area contributed by atoms with E-state index in [9.17, 15) is 9.59 Å². The van der Waals surface area contributed by atoms with E-state index in [0.717, 1.165) is 40.1 Å². The zero-order chi connectivity index (χ0) is 28.6. The van der Waals surface area contributed by atoms with Crippen LogP contribution in [0.3, 0.4) is 0 Å². The summed E-state index contributed by atoms with van der Waals surface area (Å²) in [6, 6.07) is 1.93. The lowest BCUT2D eigenvalue weighted by Gasteiger charge is -2.34. The Balaban J connectivity index is 1.17. The summed E-state index contributed by atoms with van der Waals surface area (Å²) in [5, 5.41) is 7.82. The summed E-state index contributed by atoms with van der Waals surface area (Å²) in [6.07, 6.45) is 4.19. The van der Waals surface area contributed by atoms with Crippen molar-refractivity contribution in [1.82, 2.24) is 29.8 Å². The van der Waals surface area contributed by atoms with Gasteiger partial charge in [0, 0.05) is 45.1 Å². The van der Waals surface area contributed by atoms with Gasteiger partial charge in [0.05, 0.1) is 10.6 Å². The van der Waals surface area contributed by atoms with E-state index in [2.05, 4.69) is 41.2 Å². The van der Waals surface area contributed by atoms with Crippen LogP contribution in [-0.4, -0.2) is 80.4 Å². The molecule has 0 spiro atoms. The Morgan fingerprint density at radius 3 is 2.67 bits per heavy atom. The Bertz CT molecular complexity index is 1400. The zero-order valence-electron chi connectivity index (χ0n) is 23.1. The Labute approximate surface area is 245 Å². The second-order valence-electron chi connectivity index (χ2n) is 11.2. The third kappa shape index (κ3) is 6.27. The number of aryl methyl sites for hydroxylation is 1. The molecular weight excluding hydrogens is 600 g/mol. The van der Waals surface area contributed by atoms with E-state index < -0.39 is 5.60 Å². The van der Waals surface area contributed by atoms with Crippen molar-refractivity contribution in [3.8, 4) is 5.88 Å². The Kier molecular flexibility index (Phi) is 8.09. The molecule has 2 aliphatic rings. The third-order valence-corrected chi connectivity index (χ3v) is 8.45. The predicted molar refractivity (Wildman–Crippen MR) is 156 cm³/mol. The van der Waals surface area contributed by atoms with Gasteiger partial charge in [0.25, 0.3) is 5.91 Å². The van der Waals surface area contributed by atoms with Gasteiger partial charge in [0.15, 0.2) is 10.8 Å². The first-order valence-corrected chi connectivity index (χ1v) is 15.0. The number of nitrogen functional groups attached to an aromatic ring is 1. The molecule has 3 aromatic rings. The quantitative estimate of drug-likeness (QED) is 0.426. The standard InChI is InChI=1S/C26H35BrN8O4S/c1-15-23(38-17-7-10-33(11-8-17)25(37)39-26(2,3)4)32-24(40-15)22(36)31-16-6-5-9-34(13-16)18-12-19(27)35-20(18)21(28)29-14-30-35/h12,14,16-17H,5-11,13H2,1-4H3,(H,31,36)(H2,28,29,30)/t16-/m1/s1. The van der Waals surface area contributed by atoms with Crippen molar-refractivity contribution in [3.05, 3.63) is 26.9 Å². The molecule has 40 heavy (non-hydrogen) atoms. The Morgan fingerprint density at radius 2 is 1.95 bits per heavy atom. The summed E-state index contributed by atoms with van der Waals surface area (Å²) in [5.41, 5.74) is 7.32. The number of carbonyl (C=O) groups excluding carboxylic acids is 2. The van der Waals surface area contributed by atoms with E-state index in [4.69, 9.17) is 15.2 Å². The third-order valence-electron chi connectivity index (χ3n) is 6.94. The highest BCUT2D eigenvalue weighted by Crippen LogP contribution is 2.33. The van der Waals surface area contributed by atoms with E-state index in [1.54, 1.807) is 9.42 Å². The molecule has 5 heterocycles. The lowest BCUT2D eigenvalue weighted by atomic mass is 10.1. The van der Waals surface area contributed by atoms with Crippen molar-refractivity contribution >= 4 is 56.3 Å². The molecule has 0 saturated carbocycles. The van der Waals surface area contributed by atoms with Crippen molar-refractivity contribution in [2.24, 2.45) is 0 Å². The number of aromatic nitrogens is 4. The van der Waals surface area contributed by atoms with Crippen LogP contribution in [0, 0.1) is 6.92 Å². The van der Waals surface area contributed by atoms with Crippen LogP contribution in [0.25, 0.3) is 5.52 Å². The topological polar surface area (TPSA) is 140 Å². The minimum absolute atomic E-state index is 0.0495. The number of amides is 2. The Hall–Kier alpha value is -3.13. The van der Waals surface area contributed by atoms with Gasteiger partial charge < -0.3 is 30.3 Å². The van der Waals surface area contributed by atoms with Crippen molar-refractivity contribution in [2.45, 2.75) is 71.1 Å². The second-order valence-corrected chi connectivity index (χ2v) is 13.2. The number of likely N-dealkylation sites (tertiary alicyclic amines) is 1. The van der Waals surface area contributed by atoms with E-state index in [1.165, 1.54) is 17.7 Å². The monoisotopic (exact) mass is 634 g/mol. The molecule has 3 N–H and O–H groups in total. The average molecular weight is 636 g/mol. The molecule has 0 bridgehead atoms. The minimum atomic E-state index is -0.522. The number of hydrogen-bond donors (Lipinski definition) is 2.